The maximum atomic E-state index is 5.52. The van der Waals surface area contributed by atoms with Crippen molar-refractivity contribution in [2.24, 2.45) is 0 Å². The average Bonchev–Trinajstić information content (AvgIpc) is 2.99. The Bertz CT molecular complexity index is 434. The van der Waals surface area contributed by atoms with Crippen LogP contribution in [0.3, 0.4) is 0 Å². The molecule has 6 heteroatoms. The zero-order valence-corrected chi connectivity index (χ0v) is 11.2. The summed E-state index contributed by atoms with van der Waals surface area (Å²) in [6.07, 6.45) is 2.36. The Kier molecular flexibility index (Phi) is 3.01. The quantitative estimate of drug-likeness (QED) is 0.823. The summed E-state index contributed by atoms with van der Waals surface area (Å²) in [5.74, 6) is 2.14. The van der Waals surface area contributed by atoms with E-state index in [9.17, 15) is 0 Å². The van der Waals surface area contributed by atoms with E-state index in [1.807, 2.05) is 0 Å². The molecule has 0 aromatic carbocycles. The Labute approximate surface area is 113 Å². The minimum atomic E-state index is 0.344. The molecule has 2 atom stereocenters. The van der Waals surface area contributed by atoms with E-state index in [4.69, 9.17) is 9.51 Å². The number of hydrogen-bond acceptors (Lipinski definition) is 6. The van der Waals surface area contributed by atoms with E-state index in [1.54, 1.807) is 0 Å². The van der Waals surface area contributed by atoms with Crippen LogP contribution in [0.15, 0.2) is 4.52 Å². The lowest BCUT2D eigenvalue weighted by Gasteiger charge is -2.46. The van der Waals surface area contributed by atoms with Gasteiger partial charge in [-0.1, -0.05) is 5.16 Å². The molecular weight excluding hydrogens is 242 g/mol. The Balaban J connectivity index is 1.51. The van der Waals surface area contributed by atoms with Crippen molar-refractivity contribution in [2.75, 3.05) is 45.8 Å². The lowest BCUT2D eigenvalue weighted by Crippen LogP contribution is -2.57. The number of hydrogen-bond donors (Lipinski definition) is 1. The van der Waals surface area contributed by atoms with Crippen LogP contribution in [0.4, 0.5) is 0 Å². The first-order valence-electron chi connectivity index (χ1n) is 7.41. The summed E-state index contributed by atoms with van der Waals surface area (Å²) in [6, 6.07) is 0.344. The summed E-state index contributed by atoms with van der Waals surface area (Å²) in [7, 11) is 0. The lowest BCUT2D eigenvalue weighted by atomic mass is 10.00. The molecule has 5 rings (SSSR count). The van der Waals surface area contributed by atoms with Gasteiger partial charge in [0.15, 0.2) is 5.82 Å². The molecule has 0 saturated carbocycles. The number of rotatable bonds is 2. The van der Waals surface area contributed by atoms with Gasteiger partial charge in [0.2, 0.25) is 5.89 Å². The maximum absolute atomic E-state index is 5.52. The predicted octanol–water partition coefficient (Wildman–Crippen LogP) is 0.209. The second-order valence-corrected chi connectivity index (χ2v) is 5.89. The predicted molar refractivity (Wildman–Crippen MR) is 69.9 cm³/mol. The van der Waals surface area contributed by atoms with Crippen LogP contribution in [0, 0.1) is 0 Å². The molecule has 2 bridgehead atoms. The van der Waals surface area contributed by atoms with E-state index in [0.29, 0.717) is 12.0 Å². The summed E-state index contributed by atoms with van der Waals surface area (Å²) >= 11 is 0. The van der Waals surface area contributed by atoms with Crippen LogP contribution in [0.2, 0.25) is 0 Å². The van der Waals surface area contributed by atoms with Gasteiger partial charge in [0, 0.05) is 39.3 Å². The molecule has 0 radical (unpaired) electrons. The fraction of sp³-hybridized carbons (Fsp3) is 0.846. The highest BCUT2D eigenvalue weighted by molar-refractivity contribution is 5.04. The number of aromatic nitrogens is 2. The van der Waals surface area contributed by atoms with Gasteiger partial charge in [0.1, 0.15) is 0 Å². The van der Waals surface area contributed by atoms with Crippen LogP contribution < -0.4 is 5.32 Å². The van der Waals surface area contributed by atoms with Gasteiger partial charge in [-0.15, -0.1) is 0 Å². The zero-order chi connectivity index (χ0) is 12.7. The van der Waals surface area contributed by atoms with Gasteiger partial charge in [0.25, 0.3) is 0 Å². The van der Waals surface area contributed by atoms with E-state index in [1.165, 1.54) is 19.5 Å². The summed E-state index contributed by atoms with van der Waals surface area (Å²) in [4.78, 5) is 9.69. The summed E-state index contributed by atoms with van der Waals surface area (Å²) in [5, 5.41) is 7.65. The van der Waals surface area contributed by atoms with Crippen molar-refractivity contribution in [3.63, 3.8) is 0 Å². The standard InChI is InChI=1S/C13H21N5O/c1-2-10(8-14-3-1)13-15-12(16-19-13)11-9-17-4-6-18(11)7-5-17/h10-11,14H,1-9H2/t10-,11?/m1/s1. The van der Waals surface area contributed by atoms with Crippen LogP contribution >= 0.6 is 0 Å². The molecule has 1 aromatic heterocycles. The van der Waals surface area contributed by atoms with Gasteiger partial charge in [0.05, 0.1) is 12.0 Å². The SMILES string of the molecule is C1CNC[C@H](c2nc(C3CN4CCN3CC4)no2)C1. The molecule has 1 aromatic rings. The highest BCUT2D eigenvalue weighted by Gasteiger charge is 2.36. The molecule has 19 heavy (non-hydrogen) atoms. The molecule has 104 valence electrons. The van der Waals surface area contributed by atoms with Crippen LogP contribution in [-0.2, 0) is 0 Å². The van der Waals surface area contributed by atoms with Gasteiger partial charge < -0.3 is 9.84 Å². The van der Waals surface area contributed by atoms with Gasteiger partial charge >= 0.3 is 0 Å². The van der Waals surface area contributed by atoms with Crippen LogP contribution in [0.5, 0.6) is 0 Å². The molecule has 4 aliphatic heterocycles. The van der Waals surface area contributed by atoms with Crippen molar-refractivity contribution >= 4 is 0 Å². The van der Waals surface area contributed by atoms with E-state index in [0.717, 1.165) is 50.9 Å². The summed E-state index contributed by atoms with van der Waals surface area (Å²) in [5.41, 5.74) is 0. The molecule has 1 unspecified atom stereocenters. The van der Waals surface area contributed by atoms with E-state index >= 15 is 0 Å². The normalized spacial score (nSPS) is 38.5. The first kappa shape index (κ1) is 11.8. The molecule has 5 heterocycles. The molecule has 1 N–H and O–H groups in total. The third-order valence-corrected chi connectivity index (χ3v) is 4.68. The molecule has 0 amide bonds. The number of fused-ring (bicyclic) bond motifs is 3. The Morgan fingerprint density at radius 1 is 1.21 bits per heavy atom. The van der Waals surface area contributed by atoms with Gasteiger partial charge in [-0.25, -0.2) is 0 Å². The number of piperazine rings is 3. The maximum Gasteiger partial charge on any atom is 0.231 e. The smallest absolute Gasteiger partial charge is 0.231 e. The van der Waals surface area contributed by atoms with Gasteiger partial charge in [-0.2, -0.15) is 4.98 Å². The second kappa shape index (κ2) is 4.85. The number of piperidine rings is 1. The Morgan fingerprint density at radius 3 is 2.79 bits per heavy atom. The number of nitrogens with zero attached hydrogens (tertiary/aromatic N) is 4. The van der Waals surface area contributed by atoms with Crippen LogP contribution in [-0.4, -0.2) is 65.8 Å². The molecule has 4 aliphatic rings. The largest absolute Gasteiger partial charge is 0.339 e. The number of nitrogens with one attached hydrogen (secondary N) is 1. The topological polar surface area (TPSA) is 57.4 Å². The lowest BCUT2D eigenvalue weighted by molar-refractivity contribution is 0.00781. The van der Waals surface area contributed by atoms with E-state index < -0.39 is 0 Å². The Morgan fingerprint density at radius 2 is 2.11 bits per heavy atom. The Hall–Kier alpha value is -0.980. The van der Waals surface area contributed by atoms with Crippen molar-refractivity contribution in [2.45, 2.75) is 24.8 Å². The monoisotopic (exact) mass is 263 g/mol. The molecule has 0 spiro atoms. The van der Waals surface area contributed by atoms with Crippen molar-refractivity contribution < 1.29 is 4.52 Å². The summed E-state index contributed by atoms with van der Waals surface area (Å²) in [6.45, 7) is 7.80. The average molecular weight is 263 g/mol. The fourth-order valence-electron chi connectivity index (χ4n) is 3.47. The third kappa shape index (κ3) is 2.17. The van der Waals surface area contributed by atoms with Crippen LogP contribution in [0.1, 0.15) is 36.5 Å². The fourth-order valence-corrected chi connectivity index (χ4v) is 3.47. The summed E-state index contributed by atoms with van der Waals surface area (Å²) < 4.78 is 5.52. The zero-order valence-electron chi connectivity index (χ0n) is 11.2. The van der Waals surface area contributed by atoms with Crippen molar-refractivity contribution in [1.82, 2.24) is 25.3 Å². The van der Waals surface area contributed by atoms with E-state index in [2.05, 4.69) is 20.3 Å². The first-order valence-corrected chi connectivity index (χ1v) is 7.41. The molecule has 0 aliphatic carbocycles. The minimum absolute atomic E-state index is 0.344. The third-order valence-electron chi connectivity index (χ3n) is 4.68. The molecular formula is C13H21N5O. The molecule has 4 saturated heterocycles. The van der Waals surface area contributed by atoms with E-state index in [-0.39, 0.29) is 0 Å². The van der Waals surface area contributed by atoms with Crippen molar-refractivity contribution in [3.05, 3.63) is 11.7 Å². The van der Waals surface area contributed by atoms with Crippen molar-refractivity contribution in [1.29, 1.82) is 0 Å². The second-order valence-electron chi connectivity index (χ2n) is 5.89. The highest BCUT2D eigenvalue weighted by Crippen LogP contribution is 2.29. The molecule has 4 fully saturated rings. The van der Waals surface area contributed by atoms with Crippen molar-refractivity contribution in [3.8, 4) is 0 Å². The van der Waals surface area contributed by atoms with Gasteiger partial charge in [-0.3, -0.25) is 9.80 Å². The molecule has 6 nitrogen and oxygen atoms in total. The first-order chi connectivity index (χ1) is 9.40. The highest BCUT2D eigenvalue weighted by atomic mass is 16.5. The van der Waals surface area contributed by atoms with Crippen LogP contribution in [0.25, 0.3) is 0 Å². The minimum Gasteiger partial charge on any atom is -0.339 e. The van der Waals surface area contributed by atoms with Gasteiger partial charge in [-0.05, 0) is 19.4 Å².